The van der Waals surface area contributed by atoms with Crippen molar-refractivity contribution in [3.63, 3.8) is 0 Å². The van der Waals surface area contributed by atoms with Gasteiger partial charge in [-0.25, -0.2) is 0 Å². The summed E-state index contributed by atoms with van der Waals surface area (Å²) in [6, 6.07) is 6.09. The predicted molar refractivity (Wildman–Crippen MR) is 81.7 cm³/mol. The van der Waals surface area contributed by atoms with Crippen molar-refractivity contribution in [2.75, 3.05) is 0 Å². The molecule has 1 aromatic rings. The fourth-order valence-corrected chi connectivity index (χ4v) is 3.36. The molecule has 1 saturated carbocycles. The maximum absolute atomic E-state index is 12.6. The summed E-state index contributed by atoms with van der Waals surface area (Å²) in [5.74, 6) is -7.08. The van der Waals surface area contributed by atoms with Crippen LogP contribution in [0.5, 0.6) is 0 Å². The molecule has 1 aliphatic rings. The highest BCUT2D eigenvalue weighted by Crippen LogP contribution is 2.39. The van der Waals surface area contributed by atoms with Gasteiger partial charge in [-0.3, -0.25) is 19.2 Å². The number of hydrogen-bond donors (Lipinski definition) is 3. The normalized spacial score (nSPS) is 20.0. The van der Waals surface area contributed by atoms with Crippen LogP contribution in [0.3, 0.4) is 0 Å². The number of benzene rings is 1. The molecule has 1 aliphatic carbocycles. The van der Waals surface area contributed by atoms with E-state index in [1.54, 1.807) is 0 Å². The van der Waals surface area contributed by atoms with Gasteiger partial charge in [0.05, 0.1) is 6.42 Å². The first kappa shape index (κ1) is 17.7. The summed E-state index contributed by atoms with van der Waals surface area (Å²) in [6.07, 6.45) is 1.30. The minimum Gasteiger partial charge on any atom is -0.481 e. The Morgan fingerprint density at radius 2 is 1.54 bits per heavy atom. The van der Waals surface area contributed by atoms with Crippen molar-refractivity contribution in [2.24, 2.45) is 17.8 Å². The van der Waals surface area contributed by atoms with Gasteiger partial charge in [0.25, 0.3) is 0 Å². The lowest BCUT2D eigenvalue weighted by Gasteiger charge is -2.22. The monoisotopic (exact) mass is 334 g/mol. The van der Waals surface area contributed by atoms with Crippen LogP contribution in [-0.2, 0) is 20.8 Å². The van der Waals surface area contributed by atoms with Crippen LogP contribution in [-0.4, -0.2) is 39.0 Å². The molecule has 1 aromatic carbocycles. The molecule has 0 aromatic heterocycles. The van der Waals surface area contributed by atoms with Crippen molar-refractivity contribution in [1.82, 2.24) is 0 Å². The molecular formula is C17H18O7. The average Bonchev–Trinajstić information content (AvgIpc) is 2.95. The molecule has 0 bridgehead atoms. The molecule has 2 rings (SSSR count). The number of carboxylic acid groups (broad SMARTS) is 3. The third-order valence-electron chi connectivity index (χ3n) is 4.46. The zero-order valence-electron chi connectivity index (χ0n) is 12.8. The number of hydrogen-bond acceptors (Lipinski definition) is 4. The maximum Gasteiger partial charge on any atom is 0.318 e. The van der Waals surface area contributed by atoms with Crippen LogP contribution in [0.2, 0.25) is 0 Å². The number of aliphatic carboxylic acids is 3. The molecule has 0 spiro atoms. The van der Waals surface area contributed by atoms with Gasteiger partial charge < -0.3 is 15.3 Å². The number of carboxylic acids is 3. The molecule has 3 N–H and O–H groups in total. The summed E-state index contributed by atoms with van der Waals surface area (Å²) in [5.41, 5.74) is 0.895. The Morgan fingerprint density at radius 1 is 0.958 bits per heavy atom. The van der Waals surface area contributed by atoms with E-state index < -0.39 is 35.7 Å². The molecule has 0 heterocycles. The van der Waals surface area contributed by atoms with Gasteiger partial charge in [-0.2, -0.15) is 0 Å². The Morgan fingerprint density at radius 3 is 2.04 bits per heavy atom. The Kier molecular flexibility index (Phi) is 5.33. The van der Waals surface area contributed by atoms with Crippen molar-refractivity contribution in [3.8, 4) is 0 Å². The lowest BCUT2D eigenvalue weighted by Crippen LogP contribution is -2.35. The van der Waals surface area contributed by atoms with E-state index in [0.717, 1.165) is 0 Å². The summed E-state index contributed by atoms with van der Waals surface area (Å²) < 4.78 is 0. The standard InChI is InChI=1S/C17H18O7/c18-13(19)8-9-4-6-10(7-5-9)15(20)12-3-1-2-11(12)14(16(21)22)17(23)24/h4-7,11-12,14H,1-3,8H2,(H,18,19)(H,21,22)(H,23,24)/t11-,12-/m1/s1. The smallest absolute Gasteiger partial charge is 0.318 e. The molecule has 24 heavy (non-hydrogen) atoms. The third kappa shape index (κ3) is 3.79. The van der Waals surface area contributed by atoms with Crippen LogP contribution in [0.1, 0.15) is 35.2 Å². The number of Topliss-reactive ketones (excluding diaryl/α,β-unsaturated/α-hetero) is 1. The van der Waals surface area contributed by atoms with E-state index in [2.05, 4.69) is 0 Å². The van der Waals surface area contributed by atoms with Gasteiger partial charge in [0.2, 0.25) is 0 Å². The first-order chi connectivity index (χ1) is 11.3. The lowest BCUT2D eigenvalue weighted by molar-refractivity contribution is -0.157. The Balaban J connectivity index is 2.20. The van der Waals surface area contributed by atoms with E-state index in [9.17, 15) is 19.2 Å². The second-order valence-electron chi connectivity index (χ2n) is 5.99. The highest BCUT2D eigenvalue weighted by atomic mass is 16.4. The molecule has 2 atom stereocenters. The molecule has 128 valence electrons. The van der Waals surface area contributed by atoms with Crippen LogP contribution in [0.25, 0.3) is 0 Å². The molecule has 0 aliphatic heterocycles. The van der Waals surface area contributed by atoms with E-state index in [4.69, 9.17) is 15.3 Å². The van der Waals surface area contributed by atoms with Gasteiger partial charge in [-0.05, 0) is 24.3 Å². The Labute approximate surface area is 137 Å². The molecule has 0 radical (unpaired) electrons. The lowest BCUT2D eigenvalue weighted by atomic mass is 9.80. The van der Waals surface area contributed by atoms with Gasteiger partial charge in [-0.15, -0.1) is 0 Å². The second-order valence-corrected chi connectivity index (χ2v) is 5.99. The molecule has 1 fully saturated rings. The van der Waals surface area contributed by atoms with E-state index in [-0.39, 0.29) is 12.2 Å². The minimum absolute atomic E-state index is 0.152. The predicted octanol–water partition coefficient (Wildman–Crippen LogP) is 1.70. The molecule has 0 amide bonds. The number of carbonyl (C=O) groups excluding carboxylic acids is 1. The topological polar surface area (TPSA) is 129 Å². The quantitative estimate of drug-likeness (QED) is 0.511. The van der Waals surface area contributed by atoms with E-state index in [1.807, 2.05) is 0 Å². The van der Waals surface area contributed by atoms with Crippen molar-refractivity contribution >= 4 is 23.7 Å². The minimum atomic E-state index is -1.59. The molecular weight excluding hydrogens is 316 g/mol. The van der Waals surface area contributed by atoms with Crippen LogP contribution in [0.4, 0.5) is 0 Å². The number of ketones is 1. The average molecular weight is 334 g/mol. The van der Waals surface area contributed by atoms with Crippen LogP contribution >= 0.6 is 0 Å². The van der Waals surface area contributed by atoms with E-state index >= 15 is 0 Å². The van der Waals surface area contributed by atoms with Gasteiger partial charge in [0.1, 0.15) is 0 Å². The van der Waals surface area contributed by atoms with Gasteiger partial charge >= 0.3 is 17.9 Å². The van der Waals surface area contributed by atoms with Crippen molar-refractivity contribution in [2.45, 2.75) is 25.7 Å². The van der Waals surface area contributed by atoms with E-state index in [1.165, 1.54) is 24.3 Å². The molecule has 0 saturated heterocycles. The zero-order valence-corrected chi connectivity index (χ0v) is 12.8. The van der Waals surface area contributed by atoms with Crippen LogP contribution in [0.15, 0.2) is 24.3 Å². The Hall–Kier alpha value is -2.70. The Bertz CT molecular complexity index is 648. The fraction of sp³-hybridized carbons (Fsp3) is 0.412. The van der Waals surface area contributed by atoms with Gasteiger partial charge in [0.15, 0.2) is 11.7 Å². The van der Waals surface area contributed by atoms with Gasteiger partial charge in [-0.1, -0.05) is 30.7 Å². The zero-order chi connectivity index (χ0) is 17.9. The van der Waals surface area contributed by atoms with Gasteiger partial charge in [0, 0.05) is 11.5 Å². The summed E-state index contributed by atoms with van der Waals surface area (Å²) in [4.78, 5) is 45.8. The second kappa shape index (κ2) is 7.25. The highest BCUT2D eigenvalue weighted by Gasteiger charge is 2.44. The number of rotatable bonds is 7. The summed E-state index contributed by atoms with van der Waals surface area (Å²) in [5, 5.41) is 27.0. The number of carbonyl (C=O) groups is 4. The summed E-state index contributed by atoms with van der Waals surface area (Å²) >= 11 is 0. The first-order valence-corrected chi connectivity index (χ1v) is 7.61. The first-order valence-electron chi connectivity index (χ1n) is 7.61. The largest absolute Gasteiger partial charge is 0.481 e. The summed E-state index contributed by atoms with van der Waals surface area (Å²) in [7, 11) is 0. The van der Waals surface area contributed by atoms with Crippen molar-refractivity contribution in [1.29, 1.82) is 0 Å². The van der Waals surface area contributed by atoms with Crippen molar-refractivity contribution < 1.29 is 34.5 Å². The summed E-state index contributed by atoms with van der Waals surface area (Å²) in [6.45, 7) is 0. The third-order valence-corrected chi connectivity index (χ3v) is 4.46. The maximum atomic E-state index is 12.6. The van der Waals surface area contributed by atoms with Crippen LogP contribution in [0, 0.1) is 17.8 Å². The fourth-order valence-electron chi connectivity index (χ4n) is 3.36. The molecule has 7 heteroatoms. The van der Waals surface area contributed by atoms with Crippen molar-refractivity contribution in [3.05, 3.63) is 35.4 Å². The highest BCUT2D eigenvalue weighted by molar-refractivity contribution is 6.00. The molecule has 0 unspecified atom stereocenters. The van der Waals surface area contributed by atoms with E-state index in [0.29, 0.717) is 30.4 Å². The SMILES string of the molecule is O=C(O)Cc1ccc(C(=O)[C@@H]2CCC[C@H]2C(C(=O)O)C(=O)O)cc1. The van der Waals surface area contributed by atoms with Crippen LogP contribution < -0.4 is 0 Å². The molecule has 7 nitrogen and oxygen atoms in total.